The van der Waals surface area contributed by atoms with Gasteiger partial charge in [-0.15, -0.1) is 5.10 Å². The van der Waals surface area contributed by atoms with Crippen molar-refractivity contribution in [3.63, 3.8) is 0 Å². The number of fused-ring (bicyclic) bond motifs is 1. The van der Waals surface area contributed by atoms with E-state index >= 15 is 0 Å². The standard InChI is InChI=1S/C67H87N19O15/c1-36(2)25-55(66(101)77-47(15-10-24-73-67(71)72-4)60(95)78-48(58(70)93)26-39-16-20-43(89)21-17-39)86-34-42(84-85-86)33-75-59(94)49(27-38-11-6-5-7-12-38)79-65(100)54(35-87)83-64(99)53(31-57(69)92)82-62(97)51(29-41-32-74-46-14-9-8-13-45(41)46)80-63(98)52(30-56(68)91)81-61(96)50(76-37(3)88)28-40-18-22-44(90)23-19-40/h5-9,11-14,16-23,32,34,36,47-55,74,87,89-90H,10,15,24-31,33,35H2,1-4H3,(H2,68,91)(H2,69,92)(H2,70,93)(H,75,94)(H,76,88)(H,77,101)(H,78,95)(H,79,100)(H,80,98)(H,81,96)(H,82,97)(H,83,99)(H3,71,72,73)/t47-,48-,49-,50-,51-,52-,53-,54-,55-/m0/s1. The highest BCUT2D eigenvalue weighted by Gasteiger charge is 2.36. The third-order valence-corrected chi connectivity index (χ3v) is 15.8. The summed E-state index contributed by atoms with van der Waals surface area (Å²) in [6.07, 6.45) is 1.05. The molecule has 540 valence electrons. The van der Waals surface area contributed by atoms with Gasteiger partial charge in [-0.3, -0.25) is 62.9 Å². The van der Waals surface area contributed by atoms with Crippen LogP contribution in [0, 0.1) is 11.3 Å². The molecule has 22 N–H and O–H groups in total. The molecule has 101 heavy (non-hydrogen) atoms. The van der Waals surface area contributed by atoms with Gasteiger partial charge in [0.05, 0.1) is 32.2 Å². The number of nitrogens with one attached hydrogen (secondary N) is 13. The summed E-state index contributed by atoms with van der Waals surface area (Å²) in [6.45, 7) is 3.63. The largest absolute Gasteiger partial charge is 0.508 e. The molecule has 34 nitrogen and oxygen atoms in total. The highest BCUT2D eigenvalue weighted by atomic mass is 16.3. The maximum absolute atomic E-state index is 14.6. The van der Waals surface area contributed by atoms with Gasteiger partial charge < -0.3 is 96.0 Å². The Labute approximate surface area is 580 Å². The molecule has 34 heteroatoms. The zero-order chi connectivity index (χ0) is 73.9. The first-order valence-corrected chi connectivity index (χ1v) is 32.3. The molecule has 6 aromatic rings. The van der Waals surface area contributed by atoms with Crippen molar-refractivity contribution in [3.8, 4) is 11.5 Å². The second-order valence-electron chi connectivity index (χ2n) is 24.3. The number of nitrogens with two attached hydrogens (primary N) is 3. The molecule has 0 unspecified atom stereocenters. The lowest BCUT2D eigenvalue weighted by Gasteiger charge is -2.27. The van der Waals surface area contributed by atoms with E-state index < -0.39 is 145 Å². The lowest BCUT2D eigenvalue weighted by Crippen LogP contribution is -2.61. The van der Waals surface area contributed by atoms with Gasteiger partial charge in [0.2, 0.25) is 70.9 Å². The number of aromatic hydroxyl groups is 2. The second-order valence-corrected chi connectivity index (χ2v) is 24.3. The van der Waals surface area contributed by atoms with Crippen LogP contribution in [0.5, 0.6) is 11.5 Å². The first-order chi connectivity index (χ1) is 48.1. The van der Waals surface area contributed by atoms with Gasteiger partial charge in [-0.05, 0) is 77.8 Å². The van der Waals surface area contributed by atoms with E-state index in [2.05, 4.69) is 73.8 Å². The van der Waals surface area contributed by atoms with E-state index in [0.29, 0.717) is 33.2 Å². The normalized spacial score (nSPS) is 13.7. The summed E-state index contributed by atoms with van der Waals surface area (Å²) in [6, 6.07) is 13.4. The average molecular weight is 1400 g/mol. The molecule has 0 aliphatic rings. The van der Waals surface area contributed by atoms with Crippen molar-refractivity contribution < 1.29 is 72.9 Å². The number of benzene rings is 4. The minimum absolute atomic E-state index is 0.0138. The van der Waals surface area contributed by atoms with Crippen molar-refractivity contribution in [2.24, 2.45) is 23.1 Å². The first-order valence-electron chi connectivity index (χ1n) is 32.3. The van der Waals surface area contributed by atoms with Crippen LogP contribution in [0.15, 0.2) is 116 Å². The molecule has 0 aliphatic heterocycles. The molecule has 12 amide bonds. The van der Waals surface area contributed by atoms with Crippen LogP contribution in [0.25, 0.3) is 10.9 Å². The number of para-hydroxylation sites is 1. The molecule has 0 spiro atoms. The van der Waals surface area contributed by atoms with Crippen LogP contribution in [0.2, 0.25) is 0 Å². The molecule has 0 radical (unpaired) electrons. The molecule has 4 aromatic carbocycles. The summed E-state index contributed by atoms with van der Waals surface area (Å²) in [5, 5.41) is 75.3. The lowest BCUT2D eigenvalue weighted by molar-refractivity contribution is -0.137. The third kappa shape index (κ3) is 25.1. The number of carbonyl (C=O) groups is 12. The number of aromatic nitrogens is 4. The number of aromatic amines is 1. The van der Waals surface area contributed by atoms with Gasteiger partial charge in [0.25, 0.3) is 0 Å². The highest BCUT2D eigenvalue weighted by Crippen LogP contribution is 2.22. The van der Waals surface area contributed by atoms with Crippen LogP contribution >= 0.6 is 0 Å². The van der Waals surface area contributed by atoms with Gasteiger partial charge in [0.1, 0.15) is 71.6 Å². The summed E-state index contributed by atoms with van der Waals surface area (Å²) in [7, 11) is 1.55. The smallest absolute Gasteiger partial charge is 0.245 e. The Bertz CT molecular complexity index is 3890. The van der Waals surface area contributed by atoms with Gasteiger partial charge in [0.15, 0.2) is 5.96 Å². The molecule has 0 aliphatic carbocycles. The molecule has 0 saturated heterocycles. The summed E-state index contributed by atoms with van der Waals surface area (Å²) >= 11 is 0. The number of aliphatic hydroxyl groups excluding tert-OH is 1. The van der Waals surface area contributed by atoms with Crippen LogP contribution in [-0.4, -0.2) is 181 Å². The van der Waals surface area contributed by atoms with E-state index in [0.717, 1.165) is 6.92 Å². The fraction of sp³-hybridized carbons (Fsp3) is 0.388. The number of primary amides is 3. The molecule has 0 fully saturated rings. The van der Waals surface area contributed by atoms with Crippen molar-refractivity contribution in [1.82, 2.24) is 78.5 Å². The number of rotatable bonds is 39. The van der Waals surface area contributed by atoms with Gasteiger partial charge in [-0.2, -0.15) is 0 Å². The summed E-state index contributed by atoms with van der Waals surface area (Å²) < 4.78 is 1.25. The van der Waals surface area contributed by atoms with E-state index in [-0.39, 0.29) is 87.1 Å². The van der Waals surface area contributed by atoms with E-state index in [1.165, 1.54) is 47.3 Å². The Morgan fingerprint density at radius 2 is 1.01 bits per heavy atom. The molecular weight excluding hydrogens is 1310 g/mol. The van der Waals surface area contributed by atoms with Crippen molar-refractivity contribution in [2.45, 2.75) is 139 Å². The number of phenols is 2. The van der Waals surface area contributed by atoms with Crippen LogP contribution in [0.4, 0.5) is 0 Å². The van der Waals surface area contributed by atoms with Gasteiger partial charge in [0, 0.05) is 63.3 Å². The Balaban J connectivity index is 1.17. The monoisotopic (exact) mass is 1400 g/mol. The molecule has 0 saturated carbocycles. The second kappa shape index (κ2) is 38.2. The minimum Gasteiger partial charge on any atom is -0.508 e. The average Bonchev–Trinajstić information content (AvgIpc) is 1.73. The Kier molecular flexibility index (Phi) is 29.6. The van der Waals surface area contributed by atoms with Crippen LogP contribution in [0.3, 0.4) is 0 Å². The maximum Gasteiger partial charge on any atom is 0.245 e. The fourth-order valence-corrected chi connectivity index (χ4v) is 10.6. The molecule has 0 bridgehead atoms. The maximum atomic E-state index is 14.6. The number of aliphatic hydroxyl groups is 1. The number of phenolic OH excluding ortho intramolecular Hbond substituents is 2. The number of nitrogens with zero attached hydrogens (tertiary/aromatic N) is 3. The molecule has 9 atom stereocenters. The number of hydrogen-bond donors (Lipinski definition) is 19. The minimum atomic E-state index is -1.91. The zero-order valence-corrected chi connectivity index (χ0v) is 56.0. The predicted molar refractivity (Wildman–Crippen MR) is 365 cm³/mol. The van der Waals surface area contributed by atoms with Gasteiger partial charge in [-0.1, -0.05) is 91.9 Å². The molecule has 6 rings (SSSR count). The van der Waals surface area contributed by atoms with Crippen molar-refractivity contribution in [1.29, 1.82) is 5.41 Å². The van der Waals surface area contributed by atoms with E-state index in [9.17, 15) is 72.9 Å². The third-order valence-electron chi connectivity index (χ3n) is 15.8. The predicted octanol–water partition coefficient (Wildman–Crippen LogP) is -3.00. The summed E-state index contributed by atoms with van der Waals surface area (Å²) in [4.78, 5) is 167. The van der Waals surface area contributed by atoms with Gasteiger partial charge >= 0.3 is 0 Å². The van der Waals surface area contributed by atoms with Crippen LogP contribution in [0.1, 0.15) is 86.9 Å². The Morgan fingerprint density at radius 1 is 0.545 bits per heavy atom. The lowest BCUT2D eigenvalue weighted by atomic mass is 10.0. The van der Waals surface area contributed by atoms with Crippen LogP contribution in [-0.2, 0) is 89.8 Å². The first kappa shape index (κ1) is 78.0. The number of carbonyl (C=O) groups excluding carboxylic acids is 12. The zero-order valence-electron chi connectivity index (χ0n) is 56.0. The summed E-state index contributed by atoms with van der Waals surface area (Å²) in [5.41, 5.74) is 19.7. The number of H-pyrrole nitrogens is 1. The number of amides is 12. The quantitative estimate of drug-likeness (QED) is 0.0104. The molecular formula is C67H87N19O15. The van der Waals surface area contributed by atoms with Gasteiger partial charge in [-0.25, -0.2) is 4.68 Å². The topological polar surface area (TPSA) is 546 Å². The SMILES string of the molecule is CNC(=N)NCCC[C@H](NC(=O)[C@H](CC(C)C)n1cc(CNC(=O)[C@H](Cc2ccccc2)NC(=O)[C@H](CO)NC(=O)[C@H](CC(N)=O)NC(=O)[C@H](Cc2c[nH]c3ccccc23)NC(=O)[C@H](CC(N)=O)NC(=O)[C@H](Cc2ccc(O)cc2)NC(C)=O)nn1)C(=O)N[C@@H](Cc1ccc(O)cc1)C(N)=O. The van der Waals surface area contributed by atoms with Crippen molar-refractivity contribution >= 4 is 87.7 Å². The Morgan fingerprint density at radius 3 is 1.54 bits per heavy atom. The van der Waals surface area contributed by atoms with Crippen LogP contribution < -0.4 is 75.7 Å². The fourth-order valence-electron chi connectivity index (χ4n) is 10.6. The molecule has 2 aromatic heterocycles. The Hall–Kier alpha value is -12.0. The van der Waals surface area contributed by atoms with E-state index in [1.54, 1.807) is 80.0 Å². The summed E-state index contributed by atoms with van der Waals surface area (Å²) in [5.74, 6) is -11.6. The number of hydrogen-bond acceptors (Lipinski definition) is 18. The van der Waals surface area contributed by atoms with E-state index in [4.69, 9.17) is 22.6 Å². The number of guanidine groups is 1. The van der Waals surface area contributed by atoms with Crippen molar-refractivity contribution in [2.75, 3.05) is 20.2 Å². The van der Waals surface area contributed by atoms with Crippen molar-refractivity contribution in [3.05, 3.63) is 143 Å². The molecule has 2 heterocycles. The highest BCUT2D eigenvalue weighted by molar-refractivity contribution is 6.00. The van der Waals surface area contributed by atoms with E-state index in [1.807, 2.05) is 13.8 Å².